The first kappa shape index (κ1) is 12.9. The highest BCUT2D eigenvalue weighted by Crippen LogP contribution is 2.26. The molecule has 18 heavy (non-hydrogen) atoms. The van der Waals surface area contributed by atoms with Gasteiger partial charge in [0.05, 0.1) is 5.75 Å². The summed E-state index contributed by atoms with van der Waals surface area (Å²) in [5, 5.41) is 3.84. The van der Waals surface area contributed by atoms with Crippen LogP contribution in [0.25, 0.3) is 0 Å². The minimum atomic E-state index is -0.326. The third kappa shape index (κ3) is 3.22. The number of halogens is 1. The Morgan fingerprint density at radius 2 is 2.28 bits per heavy atom. The monoisotopic (exact) mass is 267 g/mol. The zero-order chi connectivity index (χ0) is 13.0. The Morgan fingerprint density at radius 1 is 1.44 bits per heavy atom. The average molecular weight is 267 g/mol. The van der Waals surface area contributed by atoms with Crippen molar-refractivity contribution in [3.05, 3.63) is 35.7 Å². The molecule has 0 aliphatic rings. The molecule has 0 fully saturated rings. The molecule has 1 aromatic carbocycles. The molecule has 0 aliphatic carbocycles. The van der Waals surface area contributed by atoms with Gasteiger partial charge in [0.1, 0.15) is 5.82 Å². The third-order valence-electron chi connectivity index (χ3n) is 2.29. The van der Waals surface area contributed by atoms with Crippen molar-refractivity contribution in [1.82, 2.24) is 10.1 Å². The Labute approximate surface area is 109 Å². The predicted octanol–water partition coefficient (Wildman–Crippen LogP) is 3.04. The number of hydrogen-bond donors (Lipinski definition) is 1. The maximum absolute atomic E-state index is 13.5. The molecular formula is C12H14FN3OS. The van der Waals surface area contributed by atoms with Gasteiger partial charge in [-0.2, -0.15) is 4.98 Å². The second-order valence-corrected chi connectivity index (χ2v) is 4.85. The first-order chi connectivity index (χ1) is 8.69. The summed E-state index contributed by atoms with van der Waals surface area (Å²) in [6.45, 7) is 2.05. The average Bonchev–Trinajstić information content (AvgIpc) is 2.76. The third-order valence-corrected chi connectivity index (χ3v) is 3.32. The highest BCUT2D eigenvalue weighted by molar-refractivity contribution is 7.98. The molecule has 6 heteroatoms. The van der Waals surface area contributed by atoms with Gasteiger partial charge in [-0.25, -0.2) is 4.39 Å². The van der Waals surface area contributed by atoms with Crippen LogP contribution in [0.15, 0.2) is 27.6 Å². The molecule has 0 aliphatic heterocycles. The number of nitrogens with two attached hydrogens (primary N) is 1. The van der Waals surface area contributed by atoms with E-state index in [2.05, 4.69) is 17.1 Å². The highest BCUT2D eigenvalue weighted by atomic mass is 32.2. The quantitative estimate of drug-likeness (QED) is 0.666. The number of aromatic nitrogens is 2. The van der Waals surface area contributed by atoms with Crippen LogP contribution < -0.4 is 5.73 Å². The Bertz CT molecular complexity index is 530. The van der Waals surface area contributed by atoms with Crippen LogP contribution in [-0.4, -0.2) is 10.1 Å². The van der Waals surface area contributed by atoms with Crippen molar-refractivity contribution >= 4 is 17.4 Å². The van der Waals surface area contributed by atoms with Crippen LogP contribution in [0.1, 0.15) is 25.1 Å². The predicted molar refractivity (Wildman–Crippen MR) is 68.7 cm³/mol. The first-order valence-electron chi connectivity index (χ1n) is 5.68. The summed E-state index contributed by atoms with van der Waals surface area (Å²) < 4.78 is 18.6. The largest absolute Gasteiger partial charge is 0.399 e. The van der Waals surface area contributed by atoms with E-state index in [-0.39, 0.29) is 5.82 Å². The maximum atomic E-state index is 13.5. The van der Waals surface area contributed by atoms with Gasteiger partial charge in [0, 0.05) is 17.0 Å². The van der Waals surface area contributed by atoms with E-state index in [1.807, 2.05) is 0 Å². The normalized spacial score (nSPS) is 10.8. The number of nitrogen functional groups attached to an aromatic ring is 1. The van der Waals surface area contributed by atoms with E-state index in [4.69, 9.17) is 10.3 Å². The molecule has 0 saturated heterocycles. The van der Waals surface area contributed by atoms with Gasteiger partial charge in [0.2, 0.25) is 5.89 Å². The molecule has 0 atom stereocenters. The fourth-order valence-electron chi connectivity index (χ4n) is 1.45. The number of benzene rings is 1. The summed E-state index contributed by atoms with van der Waals surface area (Å²) in [4.78, 5) is 4.74. The van der Waals surface area contributed by atoms with Gasteiger partial charge in [-0.1, -0.05) is 12.1 Å². The fourth-order valence-corrected chi connectivity index (χ4v) is 2.20. The lowest BCUT2D eigenvalue weighted by atomic mass is 10.3. The summed E-state index contributed by atoms with van der Waals surface area (Å²) in [6, 6.07) is 4.62. The van der Waals surface area contributed by atoms with Crippen molar-refractivity contribution in [2.75, 3.05) is 5.73 Å². The molecular weight excluding hydrogens is 253 g/mol. The van der Waals surface area contributed by atoms with Crippen molar-refractivity contribution in [2.45, 2.75) is 30.4 Å². The van der Waals surface area contributed by atoms with E-state index < -0.39 is 0 Å². The lowest BCUT2D eigenvalue weighted by molar-refractivity contribution is 0.384. The van der Waals surface area contributed by atoms with Crippen LogP contribution in [0.2, 0.25) is 0 Å². The lowest BCUT2D eigenvalue weighted by Crippen LogP contribution is -1.89. The Kier molecular flexibility index (Phi) is 4.19. The van der Waals surface area contributed by atoms with Gasteiger partial charge >= 0.3 is 0 Å². The molecule has 0 spiro atoms. The molecule has 2 N–H and O–H groups in total. The van der Waals surface area contributed by atoms with Gasteiger partial charge in [-0.15, -0.1) is 11.8 Å². The van der Waals surface area contributed by atoms with Crippen LogP contribution >= 0.6 is 11.8 Å². The molecule has 0 saturated carbocycles. The topological polar surface area (TPSA) is 64.9 Å². The van der Waals surface area contributed by atoms with Crippen molar-refractivity contribution < 1.29 is 8.91 Å². The van der Waals surface area contributed by atoms with E-state index in [9.17, 15) is 4.39 Å². The van der Waals surface area contributed by atoms with Crippen molar-refractivity contribution in [1.29, 1.82) is 0 Å². The molecule has 0 bridgehead atoms. The van der Waals surface area contributed by atoms with Gasteiger partial charge in [-0.3, -0.25) is 0 Å². The van der Waals surface area contributed by atoms with E-state index in [0.717, 1.165) is 12.8 Å². The van der Waals surface area contributed by atoms with Crippen LogP contribution in [0.5, 0.6) is 0 Å². The van der Waals surface area contributed by atoms with Crippen LogP contribution in [0.4, 0.5) is 10.1 Å². The summed E-state index contributed by atoms with van der Waals surface area (Å²) >= 11 is 1.31. The lowest BCUT2D eigenvalue weighted by Gasteiger charge is -2.01. The molecule has 4 nitrogen and oxygen atoms in total. The minimum Gasteiger partial charge on any atom is -0.399 e. The molecule has 0 radical (unpaired) electrons. The van der Waals surface area contributed by atoms with Gasteiger partial charge < -0.3 is 10.3 Å². The number of thioether (sulfide) groups is 1. The summed E-state index contributed by atoms with van der Waals surface area (Å²) in [5.74, 6) is 1.34. The number of anilines is 1. The van der Waals surface area contributed by atoms with Gasteiger partial charge in [-0.05, 0) is 24.6 Å². The van der Waals surface area contributed by atoms with Crippen LogP contribution in [0.3, 0.4) is 0 Å². The smallest absolute Gasteiger partial charge is 0.237 e. The number of aryl methyl sites for hydroxylation is 1. The summed E-state index contributed by atoms with van der Waals surface area (Å²) in [7, 11) is 0. The SMILES string of the molecule is CCCc1noc(CSc2ccc(N)cc2F)n1. The van der Waals surface area contributed by atoms with Gasteiger partial charge in [0.15, 0.2) is 5.82 Å². The molecule has 0 amide bonds. The van der Waals surface area contributed by atoms with Gasteiger partial charge in [0.25, 0.3) is 0 Å². The van der Waals surface area contributed by atoms with E-state index in [0.29, 0.717) is 28.1 Å². The number of rotatable bonds is 5. The Hall–Kier alpha value is -1.56. The number of nitrogens with zero attached hydrogens (tertiary/aromatic N) is 2. The molecule has 2 aromatic rings. The molecule has 96 valence electrons. The molecule has 2 rings (SSSR count). The second kappa shape index (κ2) is 5.86. The Balaban J connectivity index is 1.97. The zero-order valence-electron chi connectivity index (χ0n) is 10.0. The highest BCUT2D eigenvalue weighted by Gasteiger charge is 2.08. The second-order valence-electron chi connectivity index (χ2n) is 3.83. The molecule has 1 heterocycles. The maximum Gasteiger partial charge on any atom is 0.237 e. The van der Waals surface area contributed by atoms with E-state index in [1.54, 1.807) is 12.1 Å². The number of hydrogen-bond acceptors (Lipinski definition) is 5. The van der Waals surface area contributed by atoms with Crippen molar-refractivity contribution in [3.8, 4) is 0 Å². The minimum absolute atomic E-state index is 0.326. The van der Waals surface area contributed by atoms with Crippen LogP contribution in [-0.2, 0) is 12.2 Å². The standard InChI is InChI=1S/C12H14FN3OS/c1-2-3-11-15-12(17-16-11)7-18-10-5-4-8(14)6-9(10)13/h4-6H,2-3,7,14H2,1H3. The van der Waals surface area contributed by atoms with Crippen LogP contribution in [0, 0.1) is 5.82 Å². The first-order valence-corrected chi connectivity index (χ1v) is 6.67. The summed E-state index contributed by atoms with van der Waals surface area (Å²) in [5.41, 5.74) is 5.90. The fraction of sp³-hybridized carbons (Fsp3) is 0.333. The zero-order valence-corrected chi connectivity index (χ0v) is 10.8. The van der Waals surface area contributed by atoms with Crippen molar-refractivity contribution in [3.63, 3.8) is 0 Å². The van der Waals surface area contributed by atoms with Crippen molar-refractivity contribution in [2.24, 2.45) is 0 Å². The van der Waals surface area contributed by atoms with E-state index in [1.165, 1.54) is 17.8 Å². The Morgan fingerprint density at radius 3 is 3.00 bits per heavy atom. The van der Waals surface area contributed by atoms with E-state index >= 15 is 0 Å². The summed E-state index contributed by atoms with van der Waals surface area (Å²) in [6.07, 6.45) is 1.77. The molecule has 0 unspecified atom stereocenters. The molecule has 1 aromatic heterocycles.